The minimum atomic E-state index is -3.07. The first-order chi connectivity index (χ1) is 6.35. The summed E-state index contributed by atoms with van der Waals surface area (Å²) in [4.78, 5) is 18.5. The summed E-state index contributed by atoms with van der Waals surface area (Å²) in [6.07, 6.45) is 4.34. The summed E-state index contributed by atoms with van der Waals surface area (Å²) in [7, 11) is 0. The van der Waals surface area contributed by atoms with Crippen molar-refractivity contribution in [3.63, 3.8) is 0 Å². The van der Waals surface area contributed by atoms with Crippen LogP contribution >= 0.6 is 17.1 Å². The molecule has 1 unspecified atom stereocenters. The zero-order valence-electron chi connectivity index (χ0n) is 9.14. The average Bonchev–Trinajstić information content (AvgIpc) is 1.96. The third-order valence-electron chi connectivity index (χ3n) is 1.90. The van der Waals surface area contributed by atoms with Crippen molar-refractivity contribution in [3.05, 3.63) is 0 Å². The molecule has 0 spiro atoms. The van der Waals surface area contributed by atoms with E-state index < -0.39 is 5.69 Å². The van der Waals surface area contributed by atoms with E-state index in [4.69, 9.17) is 0 Å². The van der Waals surface area contributed by atoms with Crippen molar-refractivity contribution in [3.8, 4) is 0 Å². The number of unbranched alkanes of at least 4 members (excludes halogenated alkanes) is 1. The van der Waals surface area contributed by atoms with Gasteiger partial charge in [0.1, 0.15) is 0 Å². The topological polar surface area (TPSA) is 40.5 Å². The molecule has 0 saturated carbocycles. The molecule has 2 nitrogen and oxygen atoms in total. The van der Waals surface area contributed by atoms with E-state index in [0.29, 0.717) is 11.2 Å². The predicted molar refractivity (Wildman–Crippen MR) is 69.1 cm³/mol. The Morgan fingerprint density at radius 2 is 1.93 bits per heavy atom. The molecular formula is C9H21O2PS2. The molecule has 0 aliphatic carbocycles. The minimum absolute atomic E-state index is 0.316. The summed E-state index contributed by atoms with van der Waals surface area (Å²) in [5.74, 6) is 0.589. The van der Waals surface area contributed by atoms with Crippen molar-refractivity contribution < 1.29 is 9.79 Å². The molecule has 0 bridgehead atoms. The van der Waals surface area contributed by atoms with Gasteiger partial charge in [-0.15, -0.1) is 0 Å². The molecule has 0 aromatic carbocycles. The highest BCUT2D eigenvalue weighted by Crippen LogP contribution is 2.55. The third-order valence-corrected chi connectivity index (χ3v) is 5.39. The van der Waals surface area contributed by atoms with Gasteiger partial charge >= 0.3 is 0 Å². The summed E-state index contributed by atoms with van der Waals surface area (Å²) >= 11 is 5.86. The van der Waals surface area contributed by atoms with Crippen molar-refractivity contribution in [2.24, 2.45) is 5.92 Å². The maximum atomic E-state index is 9.24. The van der Waals surface area contributed by atoms with Gasteiger partial charge in [-0.25, -0.2) is 0 Å². The van der Waals surface area contributed by atoms with E-state index in [0.717, 1.165) is 25.7 Å². The zero-order chi connectivity index (χ0) is 11.2. The standard InChI is InChI=1S/C9H21O2PS2/c1-4-5-6-9(7-8(2)3)14-12(10,11)13/h8-9H,4-7H2,1-3H3,(H2,10,11,13). The highest BCUT2D eigenvalue weighted by molar-refractivity contribution is 8.67. The van der Waals surface area contributed by atoms with Gasteiger partial charge in [-0.2, -0.15) is 0 Å². The Kier molecular flexibility index (Phi) is 7.71. The molecule has 0 aromatic rings. The molecule has 0 heterocycles. The van der Waals surface area contributed by atoms with Crippen LogP contribution in [0.1, 0.15) is 46.5 Å². The van der Waals surface area contributed by atoms with Crippen molar-refractivity contribution >= 4 is 28.9 Å². The van der Waals surface area contributed by atoms with Gasteiger partial charge in [0.05, 0.1) is 0 Å². The Morgan fingerprint density at radius 3 is 2.29 bits per heavy atom. The van der Waals surface area contributed by atoms with Crippen LogP contribution < -0.4 is 0 Å². The van der Waals surface area contributed by atoms with Crippen molar-refractivity contribution in [2.75, 3.05) is 0 Å². The molecule has 0 rings (SSSR count). The number of rotatable bonds is 7. The van der Waals surface area contributed by atoms with Gasteiger partial charge in [-0.3, -0.25) is 0 Å². The SMILES string of the molecule is CCCCC(CC(C)C)SP(O)(O)=S. The van der Waals surface area contributed by atoms with Gasteiger partial charge in [0, 0.05) is 5.25 Å². The van der Waals surface area contributed by atoms with Gasteiger partial charge in [0.15, 0.2) is 0 Å². The van der Waals surface area contributed by atoms with Gasteiger partial charge in [0.25, 0.3) is 0 Å². The van der Waals surface area contributed by atoms with Crippen LogP contribution in [-0.2, 0) is 11.8 Å². The lowest BCUT2D eigenvalue weighted by Crippen LogP contribution is -2.06. The Balaban J connectivity index is 4.03. The Bertz CT molecular complexity index is 191. The molecule has 0 saturated heterocycles. The number of hydrogen-bond acceptors (Lipinski definition) is 2. The normalized spacial score (nSPS) is 14.7. The fraction of sp³-hybridized carbons (Fsp3) is 1.00. The van der Waals surface area contributed by atoms with Gasteiger partial charge in [-0.05, 0) is 30.6 Å². The van der Waals surface area contributed by atoms with Crippen LogP contribution in [0.25, 0.3) is 0 Å². The lowest BCUT2D eigenvalue weighted by atomic mass is 10.0. The van der Waals surface area contributed by atoms with Crippen LogP contribution in [0.4, 0.5) is 0 Å². The summed E-state index contributed by atoms with van der Waals surface area (Å²) in [5, 5.41) is 0.316. The second-order valence-electron chi connectivity index (χ2n) is 3.99. The maximum absolute atomic E-state index is 9.24. The van der Waals surface area contributed by atoms with E-state index >= 15 is 0 Å². The average molecular weight is 256 g/mol. The summed E-state index contributed by atoms with van der Waals surface area (Å²) in [6, 6.07) is 0. The van der Waals surface area contributed by atoms with E-state index in [9.17, 15) is 9.79 Å². The highest BCUT2D eigenvalue weighted by atomic mass is 32.9. The Morgan fingerprint density at radius 1 is 1.36 bits per heavy atom. The molecule has 86 valence electrons. The lowest BCUT2D eigenvalue weighted by molar-refractivity contribution is 0.499. The smallest absolute Gasteiger partial charge is 0.242 e. The molecule has 5 heteroatoms. The Labute approximate surface area is 96.4 Å². The second kappa shape index (κ2) is 7.24. The molecule has 0 aliphatic rings. The van der Waals surface area contributed by atoms with Crippen LogP contribution in [0.2, 0.25) is 0 Å². The van der Waals surface area contributed by atoms with Gasteiger partial charge in [-0.1, -0.05) is 45.0 Å². The molecule has 0 aliphatic heterocycles. The fourth-order valence-corrected chi connectivity index (χ4v) is 5.33. The van der Waals surface area contributed by atoms with E-state index in [1.807, 2.05) is 0 Å². The van der Waals surface area contributed by atoms with E-state index in [-0.39, 0.29) is 0 Å². The van der Waals surface area contributed by atoms with E-state index in [1.165, 1.54) is 11.4 Å². The third kappa shape index (κ3) is 9.47. The molecule has 0 fully saturated rings. The van der Waals surface area contributed by atoms with Gasteiger partial charge < -0.3 is 9.79 Å². The predicted octanol–water partition coefficient (Wildman–Crippen LogP) is 3.53. The summed E-state index contributed by atoms with van der Waals surface area (Å²) in [5.41, 5.74) is -3.07. The van der Waals surface area contributed by atoms with Gasteiger partial charge in [0.2, 0.25) is 5.69 Å². The van der Waals surface area contributed by atoms with Crippen molar-refractivity contribution in [1.82, 2.24) is 0 Å². The van der Waals surface area contributed by atoms with Crippen LogP contribution in [-0.4, -0.2) is 15.0 Å². The second-order valence-corrected chi connectivity index (χ2v) is 10.2. The van der Waals surface area contributed by atoms with E-state index in [1.54, 1.807) is 0 Å². The highest BCUT2D eigenvalue weighted by Gasteiger charge is 2.19. The van der Waals surface area contributed by atoms with Crippen LogP contribution in [0.5, 0.6) is 0 Å². The van der Waals surface area contributed by atoms with Crippen LogP contribution in [0.3, 0.4) is 0 Å². The van der Waals surface area contributed by atoms with Crippen LogP contribution in [0.15, 0.2) is 0 Å². The maximum Gasteiger partial charge on any atom is 0.242 e. The quantitative estimate of drug-likeness (QED) is 0.684. The number of hydrogen-bond donors (Lipinski definition) is 2. The minimum Gasteiger partial charge on any atom is -0.338 e. The molecule has 2 N–H and O–H groups in total. The molecule has 0 aromatic heterocycles. The first-order valence-corrected chi connectivity index (χ1v) is 9.28. The largest absolute Gasteiger partial charge is 0.338 e. The first kappa shape index (κ1) is 14.9. The fourth-order valence-electron chi connectivity index (χ4n) is 1.37. The first-order valence-electron chi connectivity index (χ1n) is 5.09. The molecule has 0 amide bonds. The van der Waals surface area contributed by atoms with Crippen molar-refractivity contribution in [1.29, 1.82) is 0 Å². The summed E-state index contributed by atoms with van der Waals surface area (Å²) < 4.78 is 0. The Hall–Kier alpha value is 0.920. The van der Waals surface area contributed by atoms with Crippen LogP contribution in [0, 0.1) is 5.92 Å². The van der Waals surface area contributed by atoms with E-state index in [2.05, 4.69) is 32.6 Å². The molecule has 14 heavy (non-hydrogen) atoms. The lowest BCUT2D eigenvalue weighted by Gasteiger charge is -2.20. The zero-order valence-corrected chi connectivity index (χ0v) is 11.7. The monoisotopic (exact) mass is 256 g/mol. The molecular weight excluding hydrogens is 235 g/mol. The molecule has 0 radical (unpaired) electrons. The van der Waals surface area contributed by atoms with Crippen molar-refractivity contribution in [2.45, 2.75) is 51.7 Å². The molecule has 1 atom stereocenters. The summed E-state index contributed by atoms with van der Waals surface area (Å²) in [6.45, 7) is 6.45.